The van der Waals surface area contributed by atoms with E-state index < -0.39 is 11.9 Å². The molecule has 26 heavy (non-hydrogen) atoms. The third-order valence-electron chi connectivity index (χ3n) is 3.34. The lowest BCUT2D eigenvalue weighted by Crippen LogP contribution is -2.10. The number of hydrogen-bond acceptors (Lipinski definition) is 9. The molecule has 0 radical (unpaired) electrons. The summed E-state index contributed by atoms with van der Waals surface area (Å²) in [5.74, 6) is -0.449. The Morgan fingerprint density at radius 1 is 1.12 bits per heavy atom. The number of nitrogens with zero attached hydrogens (tertiary/aromatic N) is 2. The summed E-state index contributed by atoms with van der Waals surface area (Å²) < 4.78 is 9.42. The van der Waals surface area contributed by atoms with Crippen LogP contribution in [0.2, 0.25) is 0 Å². The maximum Gasteiger partial charge on any atom is 0.337 e. The zero-order valence-electron chi connectivity index (χ0n) is 14.4. The van der Waals surface area contributed by atoms with Crippen molar-refractivity contribution in [2.75, 3.05) is 37.1 Å². The summed E-state index contributed by atoms with van der Waals surface area (Å²) in [5.41, 5.74) is 7.09. The first kappa shape index (κ1) is 18.7. The van der Waals surface area contributed by atoms with Crippen LogP contribution in [0.5, 0.6) is 0 Å². The number of anilines is 4. The lowest BCUT2D eigenvalue weighted by atomic mass is 10.1. The number of hydrogen-bond donors (Lipinski definition) is 3. The van der Waals surface area contributed by atoms with Gasteiger partial charge in [-0.3, -0.25) is 0 Å². The molecule has 0 bridgehead atoms. The van der Waals surface area contributed by atoms with Gasteiger partial charge in [0.05, 0.1) is 25.3 Å². The van der Waals surface area contributed by atoms with Gasteiger partial charge in [-0.05, 0) is 18.2 Å². The molecule has 0 aliphatic heterocycles. The molecule has 0 aliphatic rings. The molecular weight excluding hydrogens is 338 g/mol. The summed E-state index contributed by atoms with van der Waals surface area (Å²) in [6.45, 7) is 4.09. The topological polar surface area (TPSA) is 128 Å². The van der Waals surface area contributed by atoms with Crippen LogP contribution >= 0.6 is 0 Å². The van der Waals surface area contributed by atoms with Crippen molar-refractivity contribution >= 4 is 34.9 Å². The highest BCUT2D eigenvalue weighted by Crippen LogP contribution is 2.27. The summed E-state index contributed by atoms with van der Waals surface area (Å²) in [6.07, 6.45) is 2.99. The first-order valence-electron chi connectivity index (χ1n) is 7.54. The minimum absolute atomic E-state index is 0.176. The molecule has 0 atom stereocenters. The van der Waals surface area contributed by atoms with E-state index in [1.807, 2.05) is 0 Å². The molecule has 4 N–H and O–H groups in total. The summed E-state index contributed by atoms with van der Waals surface area (Å²) in [4.78, 5) is 31.8. The summed E-state index contributed by atoms with van der Waals surface area (Å²) >= 11 is 0. The Balaban J connectivity index is 2.41. The van der Waals surface area contributed by atoms with Crippen molar-refractivity contribution in [2.45, 2.75) is 0 Å². The van der Waals surface area contributed by atoms with Gasteiger partial charge >= 0.3 is 11.9 Å². The van der Waals surface area contributed by atoms with Crippen LogP contribution in [0.4, 0.5) is 23.0 Å². The van der Waals surface area contributed by atoms with Gasteiger partial charge < -0.3 is 25.8 Å². The lowest BCUT2D eigenvalue weighted by Gasteiger charge is -2.13. The number of rotatable bonds is 7. The smallest absolute Gasteiger partial charge is 0.337 e. The van der Waals surface area contributed by atoms with Crippen molar-refractivity contribution in [2.24, 2.45) is 0 Å². The first-order chi connectivity index (χ1) is 12.5. The van der Waals surface area contributed by atoms with Crippen LogP contribution in [0.15, 0.2) is 37.2 Å². The molecule has 0 amide bonds. The fourth-order valence-corrected chi connectivity index (χ4v) is 2.11. The van der Waals surface area contributed by atoms with Crippen molar-refractivity contribution in [1.82, 2.24) is 9.97 Å². The van der Waals surface area contributed by atoms with E-state index in [4.69, 9.17) is 15.2 Å². The lowest BCUT2D eigenvalue weighted by molar-refractivity contribution is 0.0599. The number of esters is 2. The number of benzene rings is 1. The Bertz CT molecular complexity index is 804. The van der Waals surface area contributed by atoms with Gasteiger partial charge in [0.1, 0.15) is 12.0 Å². The Hall–Kier alpha value is -3.62. The van der Waals surface area contributed by atoms with Crippen LogP contribution in [-0.2, 0) is 9.47 Å². The Labute approximate surface area is 150 Å². The molecule has 1 aromatic heterocycles. The second kappa shape index (κ2) is 8.47. The number of nitrogens with two attached hydrogens (primary N) is 1. The zero-order chi connectivity index (χ0) is 19.1. The summed E-state index contributed by atoms with van der Waals surface area (Å²) in [6, 6.07) is 4.40. The molecule has 0 saturated carbocycles. The maximum atomic E-state index is 11.8. The zero-order valence-corrected chi connectivity index (χ0v) is 14.4. The normalized spacial score (nSPS) is 9.92. The minimum atomic E-state index is -0.595. The number of methoxy groups -OCH3 is 2. The third kappa shape index (κ3) is 4.26. The average Bonchev–Trinajstić information content (AvgIpc) is 2.67. The summed E-state index contributed by atoms with van der Waals surface area (Å²) in [7, 11) is 2.50. The van der Waals surface area contributed by atoms with E-state index in [1.54, 1.807) is 6.08 Å². The Morgan fingerprint density at radius 2 is 1.69 bits per heavy atom. The van der Waals surface area contributed by atoms with Gasteiger partial charge in [-0.25, -0.2) is 19.6 Å². The number of carbonyl (C=O) groups is 2. The van der Waals surface area contributed by atoms with Crippen LogP contribution in [0, 0.1) is 0 Å². The van der Waals surface area contributed by atoms with Gasteiger partial charge in [-0.15, -0.1) is 6.58 Å². The van der Waals surface area contributed by atoms with E-state index >= 15 is 0 Å². The van der Waals surface area contributed by atoms with Crippen LogP contribution in [-0.4, -0.2) is 42.7 Å². The van der Waals surface area contributed by atoms with Gasteiger partial charge in [-0.2, -0.15) is 0 Å². The van der Waals surface area contributed by atoms with Crippen molar-refractivity contribution in [1.29, 1.82) is 0 Å². The fourth-order valence-electron chi connectivity index (χ4n) is 2.11. The molecule has 1 heterocycles. The highest BCUT2D eigenvalue weighted by molar-refractivity contribution is 5.97. The van der Waals surface area contributed by atoms with Gasteiger partial charge in [0.2, 0.25) is 0 Å². The predicted molar refractivity (Wildman–Crippen MR) is 97.5 cm³/mol. The molecule has 0 saturated heterocycles. The van der Waals surface area contributed by atoms with Gasteiger partial charge in [0.15, 0.2) is 11.6 Å². The standard InChI is InChI=1S/C17H19N5O4/c1-4-5-19-14-13(18)15(21-9-20-14)22-12-7-10(16(23)25-2)6-11(8-12)17(24)26-3/h4,6-9H,1,5,18H2,2-3H3,(H2,19,20,21,22). The third-order valence-corrected chi connectivity index (χ3v) is 3.34. The number of nitrogens with one attached hydrogen (secondary N) is 2. The van der Waals surface area contributed by atoms with E-state index in [-0.39, 0.29) is 16.8 Å². The molecule has 2 rings (SSSR count). The number of ether oxygens (including phenoxy) is 2. The van der Waals surface area contributed by atoms with Crippen LogP contribution in [0.3, 0.4) is 0 Å². The van der Waals surface area contributed by atoms with E-state index in [0.29, 0.717) is 23.9 Å². The maximum absolute atomic E-state index is 11.8. The molecule has 1 aromatic carbocycles. The molecule has 2 aromatic rings. The van der Waals surface area contributed by atoms with Crippen LogP contribution < -0.4 is 16.4 Å². The molecule has 0 spiro atoms. The fraction of sp³-hybridized carbons (Fsp3) is 0.176. The van der Waals surface area contributed by atoms with Crippen LogP contribution in [0.25, 0.3) is 0 Å². The van der Waals surface area contributed by atoms with Crippen molar-refractivity contribution in [3.63, 3.8) is 0 Å². The van der Waals surface area contributed by atoms with Crippen LogP contribution in [0.1, 0.15) is 20.7 Å². The largest absolute Gasteiger partial charge is 0.465 e. The van der Waals surface area contributed by atoms with E-state index in [0.717, 1.165) is 0 Å². The van der Waals surface area contributed by atoms with Crippen molar-refractivity contribution < 1.29 is 19.1 Å². The second-order valence-corrected chi connectivity index (χ2v) is 5.06. The van der Waals surface area contributed by atoms with Crippen molar-refractivity contribution in [3.8, 4) is 0 Å². The molecule has 0 aliphatic carbocycles. The van der Waals surface area contributed by atoms with Gasteiger partial charge in [0.25, 0.3) is 0 Å². The molecule has 136 valence electrons. The van der Waals surface area contributed by atoms with E-state index in [2.05, 4.69) is 27.2 Å². The number of aromatic nitrogens is 2. The van der Waals surface area contributed by atoms with Gasteiger partial charge in [-0.1, -0.05) is 6.08 Å². The van der Waals surface area contributed by atoms with E-state index in [1.165, 1.54) is 38.7 Å². The molecule has 9 nitrogen and oxygen atoms in total. The Kier molecular flexibility index (Phi) is 6.10. The highest BCUT2D eigenvalue weighted by Gasteiger charge is 2.15. The quantitative estimate of drug-likeness (QED) is 0.503. The minimum Gasteiger partial charge on any atom is -0.465 e. The summed E-state index contributed by atoms with van der Waals surface area (Å²) in [5, 5.41) is 5.95. The number of carbonyl (C=O) groups excluding carboxylic acids is 2. The molecule has 0 unspecified atom stereocenters. The predicted octanol–water partition coefficient (Wildman–Crippen LogP) is 1.97. The molecular formula is C17H19N5O4. The van der Waals surface area contributed by atoms with Gasteiger partial charge in [0, 0.05) is 12.2 Å². The molecule has 9 heteroatoms. The monoisotopic (exact) mass is 357 g/mol. The highest BCUT2D eigenvalue weighted by atomic mass is 16.5. The second-order valence-electron chi connectivity index (χ2n) is 5.06. The average molecular weight is 357 g/mol. The molecule has 0 fully saturated rings. The van der Waals surface area contributed by atoms with E-state index in [9.17, 15) is 9.59 Å². The first-order valence-corrected chi connectivity index (χ1v) is 7.54. The Morgan fingerprint density at radius 3 is 2.23 bits per heavy atom. The van der Waals surface area contributed by atoms with Crippen molar-refractivity contribution in [3.05, 3.63) is 48.3 Å². The SMILES string of the molecule is C=CCNc1ncnc(Nc2cc(C(=O)OC)cc(C(=O)OC)c2)c1N. The number of nitrogen functional groups attached to an aromatic ring is 1.